The van der Waals surface area contributed by atoms with Crippen LogP contribution in [0.4, 0.5) is 5.69 Å². The van der Waals surface area contributed by atoms with Crippen molar-refractivity contribution >= 4 is 34.2 Å². The van der Waals surface area contributed by atoms with Gasteiger partial charge in [0.15, 0.2) is 5.43 Å². The number of aromatic nitrogens is 3. The normalized spacial score (nSPS) is 11.0. The highest BCUT2D eigenvalue weighted by Crippen LogP contribution is 2.24. The van der Waals surface area contributed by atoms with Crippen LogP contribution in [0.25, 0.3) is 22.3 Å². The standard InChI is InChI=1S/C27H21ClN4O3/c28-20-9-7-19(8-10-20)26-15-24(33)23-14-18(6-12-25(23)35-26)16-32-17-22(30-31-32)11-13-27(34)29-21-4-2-1-3-5-21/h1-10,12,14-15,17H,11,13,16H2,(H,29,34). The maximum atomic E-state index is 12.8. The van der Waals surface area contributed by atoms with Crippen LogP contribution in [0.5, 0.6) is 0 Å². The van der Waals surface area contributed by atoms with Crippen molar-refractivity contribution in [1.29, 1.82) is 0 Å². The van der Waals surface area contributed by atoms with Crippen LogP contribution in [0.3, 0.4) is 0 Å². The molecule has 1 N–H and O–H groups in total. The van der Waals surface area contributed by atoms with Gasteiger partial charge in [-0.3, -0.25) is 9.59 Å². The van der Waals surface area contributed by atoms with E-state index in [4.69, 9.17) is 16.0 Å². The Morgan fingerprint density at radius 1 is 1.00 bits per heavy atom. The number of fused-ring (bicyclic) bond motifs is 1. The number of rotatable bonds is 7. The predicted octanol–water partition coefficient (Wildman–Crippen LogP) is 5.32. The SMILES string of the molecule is O=C(CCc1cn(Cc2ccc3oc(-c4ccc(Cl)cc4)cc(=O)c3c2)nn1)Nc1ccccc1. The zero-order valence-electron chi connectivity index (χ0n) is 18.6. The number of carbonyl (C=O) groups excluding carboxylic acids is 1. The number of halogens is 1. The van der Waals surface area contributed by atoms with E-state index in [0.29, 0.717) is 41.1 Å². The minimum Gasteiger partial charge on any atom is -0.456 e. The van der Waals surface area contributed by atoms with Crippen molar-refractivity contribution in [3.8, 4) is 11.3 Å². The van der Waals surface area contributed by atoms with Crippen LogP contribution in [0.1, 0.15) is 17.7 Å². The molecular weight excluding hydrogens is 464 g/mol. The lowest BCUT2D eigenvalue weighted by atomic mass is 10.1. The van der Waals surface area contributed by atoms with Crippen LogP contribution in [0.2, 0.25) is 5.02 Å². The maximum absolute atomic E-state index is 12.8. The number of carbonyl (C=O) groups is 1. The van der Waals surface area contributed by atoms with E-state index in [2.05, 4.69) is 15.6 Å². The van der Waals surface area contributed by atoms with Gasteiger partial charge in [-0.15, -0.1) is 5.10 Å². The Labute approximate surface area is 206 Å². The largest absolute Gasteiger partial charge is 0.456 e. The van der Waals surface area contributed by atoms with Crippen molar-refractivity contribution in [2.75, 3.05) is 5.32 Å². The van der Waals surface area contributed by atoms with Crippen LogP contribution < -0.4 is 10.7 Å². The van der Waals surface area contributed by atoms with Gasteiger partial charge in [0.2, 0.25) is 5.91 Å². The molecule has 1 amide bonds. The molecule has 0 saturated carbocycles. The molecule has 0 unspecified atom stereocenters. The topological polar surface area (TPSA) is 90.0 Å². The van der Waals surface area contributed by atoms with E-state index in [-0.39, 0.29) is 11.3 Å². The van der Waals surface area contributed by atoms with E-state index in [1.807, 2.05) is 60.8 Å². The molecule has 0 saturated heterocycles. The lowest BCUT2D eigenvalue weighted by Gasteiger charge is -2.06. The number of amides is 1. The molecule has 0 fully saturated rings. The third-order valence-corrected chi connectivity index (χ3v) is 5.77. The molecule has 2 heterocycles. The van der Waals surface area contributed by atoms with Gasteiger partial charge in [-0.05, 0) is 54.1 Å². The minimum atomic E-state index is -0.123. The number of aryl methyl sites for hydroxylation is 1. The van der Waals surface area contributed by atoms with Gasteiger partial charge in [0.1, 0.15) is 11.3 Å². The molecule has 0 aliphatic heterocycles. The first-order chi connectivity index (χ1) is 17.0. The first kappa shape index (κ1) is 22.6. The highest BCUT2D eigenvalue weighted by molar-refractivity contribution is 6.30. The second kappa shape index (κ2) is 9.95. The van der Waals surface area contributed by atoms with Crippen LogP contribution in [-0.2, 0) is 17.8 Å². The summed E-state index contributed by atoms with van der Waals surface area (Å²) in [5.41, 5.74) is 3.55. The maximum Gasteiger partial charge on any atom is 0.224 e. The number of hydrogen-bond donors (Lipinski definition) is 1. The predicted molar refractivity (Wildman–Crippen MR) is 135 cm³/mol. The van der Waals surface area contributed by atoms with Crippen molar-refractivity contribution in [2.45, 2.75) is 19.4 Å². The Bertz CT molecular complexity index is 1540. The summed E-state index contributed by atoms with van der Waals surface area (Å²) in [5.74, 6) is 0.411. The van der Waals surface area contributed by atoms with Crippen LogP contribution in [-0.4, -0.2) is 20.9 Å². The molecule has 0 spiro atoms. The molecule has 0 bridgehead atoms. The third-order valence-electron chi connectivity index (χ3n) is 5.52. The Kier molecular flexibility index (Phi) is 6.41. The average molecular weight is 485 g/mol. The summed E-state index contributed by atoms with van der Waals surface area (Å²) in [6, 6.07) is 23.4. The van der Waals surface area contributed by atoms with Crippen LogP contribution in [0, 0.1) is 0 Å². The van der Waals surface area contributed by atoms with Crippen molar-refractivity contribution in [3.05, 3.63) is 112 Å². The second-order valence-corrected chi connectivity index (χ2v) is 8.57. The zero-order chi connectivity index (χ0) is 24.2. The van der Waals surface area contributed by atoms with E-state index < -0.39 is 0 Å². The molecule has 0 aliphatic carbocycles. The second-order valence-electron chi connectivity index (χ2n) is 8.13. The summed E-state index contributed by atoms with van der Waals surface area (Å²) in [7, 11) is 0. The van der Waals surface area contributed by atoms with Crippen molar-refractivity contribution in [1.82, 2.24) is 15.0 Å². The fraction of sp³-hybridized carbons (Fsp3) is 0.111. The number of para-hydroxylation sites is 1. The summed E-state index contributed by atoms with van der Waals surface area (Å²) >= 11 is 5.95. The average Bonchev–Trinajstić information content (AvgIpc) is 3.31. The van der Waals surface area contributed by atoms with Crippen molar-refractivity contribution in [2.24, 2.45) is 0 Å². The Hall–Kier alpha value is -4.23. The molecule has 35 heavy (non-hydrogen) atoms. The van der Waals surface area contributed by atoms with Crippen molar-refractivity contribution < 1.29 is 9.21 Å². The quantitative estimate of drug-likeness (QED) is 0.337. The van der Waals surface area contributed by atoms with E-state index in [1.54, 1.807) is 22.9 Å². The number of anilines is 1. The minimum absolute atomic E-state index is 0.0787. The first-order valence-corrected chi connectivity index (χ1v) is 11.5. The molecule has 5 rings (SSSR count). The molecule has 0 aliphatic rings. The summed E-state index contributed by atoms with van der Waals surface area (Å²) < 4.78 is 7.65. The molecule has 0 radical (unpaired) electrons. The highest BCUT2D eigenvalue weighted by Gasteiger charge is 2.10. The third kappa shape index (κ3) is 5.47. The Morgan fingerprint density at radius 2 is 1.80 bits per heavy atom. The van der Waals surface area contributed by atoms with Gasteiger partial charge >= 0.3 is 0 Å². The smallest absolute Gasteiger partial charge is 0.224 e. The lowest BCUT2D eigenvalue weighted by Crippen LogP contribution is -2.12. The van der Waals surface area contributed by atoms with Gasteiger partial charge in [-0.2, -0.15) is 0 Å². The molecule has 2 aromatic heterocycles. The van der Waals surface area contributed by atoms with Gasteiger partial charge in [-0.25, -0.2) is 4.68 Å². The number of hydrogen-bond acceptors (Lipinski definition) is 5. The fourth-order valence-corrected chi connectivity index (χ4v) is 3.89. The van der Waals surface area contributed by atoms with Crippen molar-refractivity contribution in [3.63, 3.8) is 0 Å². The van der Waals surface area contributed by atoms with Gasteiger partial charge in [-0.1, -0.05) is 41.1 Å². The van der Waals surface area contributed by atoms with Gasteiger partial charge in [0.25, 0.3) is 0 Å². The molecule has 7 nitrogen and oxygen atoms in total. The van der Waals surface area contributed by atoms with E-state index in [0.717, 1.165) is 22.5 Å². The molecule has 3 aromatic carbocycles. The van der Waals surface area contributed by atoms with E-state index in [9.17, 15) is 9.59 Å². The molecule has 174 valence electrons. The van der Waals surface area contributed by atoms with E-state index >= 15 is 0 Å². The van der Waals surface area contributed by atoms with Crippen LogP contribution in [0.15, 0.2) is 94.3 Å². The van der Waals surface area contributed by atoms with E-state index in [1.165, 1.54) is 6.07 Å². The first-order valence-electron chi connectivity index (χ1n) is 11.1. The lowest BCUT2D eigenvalue weighted by molar-refractivity contribution is -0.116. The summed E-state index contributed by atoms with van der Waals surface area (Å²) in [4.78, 5) is 24.9. The summed E-state index contributed by atoms with van der Waals surface area (Å²) in [5, 5.41) is 12.3. The molecule has 0 atom stereocenters. The monoisotopic (exact) mass is 484 g/mol. The molecular formula is C27H21ClN4O3. The summed E-state index contributed by atoms with van der Waals surface area (Å²) in [6.07, 6.45) is 2.60. The number of nitrogens with one attached hydrogen (secondary N) is 1. The highest BCUT2D eigenvalue weighted by atomic mass is 35.5. The Morgan fingerprint density at radius 3 is 2.60 bits per heavy atom. The fourth-order valence-electron chi connectivity index (χ4n) is 3.76. The summed E-state index contributed by atoms with van der Waals surface area (Å²) in [6.45, 7) is 0.442. The number of nitrogens with zero attached hydrogens (tertiary/aromatic N) is 3. The molecule has 8 heteroatoms. The van der Waals surface area contributed by atoms with Gasteiger partial charge in [0.05, 0.1) is 17.6 Å². The molecule has 5 aromatic rings. The van der Waals surface area contributed by atoms with Gasteiger partial charge < -0.3 is 9.73 Å². The zero-order valence-corrected chi connectivity index (χ0v) is 19.4. The Balaban J connectivity index is 1.25. The van der Waals surface area contributed by atoms with Crippen LogP contribution >= 0.6 is 11.6 Å². The van der Waals surface area contributed by atoms with Gasteiger partial charge in [0, 0.05) is 41.4 Å². The number of benzene rings is 3.